The van der Waals surface area contributed by atoms with Gasteiger partial charge >= 0.3 is 5.97 Å². The van der Waals surface area contributed by atoms with Crippen LogP contribution >= 0.6 is 23.2 Å². The van der Waals surface area contributed by atoms with Crippen molar-refractivity contribution in [3.05, 3.63) is 99.5 Å². The van der Waals surface area contributed by atoms with Crippen molar-refractivity contribution in [2.45, 2.75) is 11.4 Å². The van der Waals surface area contributed by atoms with Crippen molar-refractivity contribution < 1.29 is 23.1 Å². The Bertz CT molecular complexity index is 1330. The topological polar surface area (TPSA) is 116 Å². The van der Waals surface area contributed by atoms with Gasteiger partial charge in [0.15, 0.2) is 0 Å². The molecule has 0 aliphatic carbocycles. The molecule has 0 aromatic heterocycles. The third-order valence-electron chi connectivity index (χ3n) is 4.62. The Kier molecular flexibility index (Phi) is 8.41. The van der Waals surface area contributed by atoms with E-state index in [-0.39, 0.29) is 32.6 Å². The highest BCUT2D eigenvalue weighted by molar-refractivity contribution is 7.89. The number of carboxylic acids is 1. The normalized spacial score (nSPS) is 11.6. The summed E-state index contributed by atoms with van der Waals surface area (Å²) in [6.45, 7) is -0.678. The first-order valence-electron chi connectivity index (χ1n) is 9.82. The predicted molar refractivity (Wildman–Crippen MR) is 130 cm³/mol. The maximum atomic E-state index is 13.4. The number of carboxylic acid groups (broad SMARTS) is 1. The van der Waals surface area contributed by atoms with Crippen LogP contribution in [0.3, 0.4) is 0 Å². The summed E-state index contributed by atoms with van der Waals surface area (Å²) in [5.74, 6) is -1.88. The molecule has 0 unspecified atom stereocenters. The number of hydrazone groups is 1. The second kappa shape index (κ2) is 11.3. The molecular formula is C23H19Cl2N3O5S. The van der Waals surface area contributed by atoms with Gasteiger partial charge in [-0.2, -0.15) is 9.41 Å². The molecule has 2 N–H and O–H groups in total. The van der Waals surface area contributed by atoms with Crippen LogP contribution in [0.25, 0.3) is 0 Å². The standard InChI is InChI=1S/C23H19Cl2N3O5S/c24-18-10-11-20(25)21(12-18)34(32,33)28(14-16-6-2-1-3-7-16)15-22(29)27-26-13-17-8-4-5-9-19(17)23(30)31/h1-13H,14-15H2,(H,27,29)(H,30,31). The highest BCUT2D eigenvalue weighted by atomic mass is 35.5. The van der Waals surface area contributed by atoms with Crippen molar-refractivity contribution in [3.63, 3.8) is 0 Å². The lowest BCUT2D eigenvalue weighted by molar-refractivity contribution is -0.121. The zero-order valence-corrected chi connectivity index (χ0v) is 19.9. The maximum Gasteiger partial charge on any atom is 0.336 e. The van der Waals surface area contributed by atoms with E-state index in [9.17, 15) is 23.1 Å². The van der Waals surface area contributed by atoms with E-state index < -0.39 is 28.4 Å². The number of hydrogen-bond donors (Lipinski definition) is 2. The number of nitrogens with one attached hydrogen (secondary N) is 1. The number of halogens is 2. The van der Waals surface area contributed by atoms with Gasteiger partial charge in [0.25, 0.3) is 5.91 Å². The monoisotopic (exact) mass is 519 g/mol. The fraction of sp³-hybridized carbons (Fsp3) is 0.0870. The summed E-state index contributed by atoms with van der Waals surface area (Å²) in [4.78, 5) is 23.6. The highest BCUT2D eigenvalue weighted by Crippen LogP contribution is 2.28. The van der Waals surface area contributed by atoms with E-state index in [1.165, 1.54) is 36.5 Å². The van der Waals surface area contributed by atoms with Crippen molar-refractivity contribution in [2.24, 2.45) is 5.10 Å². The average Bonchev–Trinajstić information content (AvgIpc) is 2.81. The van der Waals surface area contributed by atoms with Gasteiger partial charge in [-0.25, -0.2) is 18.6 Å². The van der Waals surface area contributed by atoms with E-state index >= 15 is 0 Å². The highest BCUT2D eigenvalue weighted by Gasteiger charge is 2.29. The number of nitrogens with zero attached hydrogens (tertiary/aromatic N) is 2. The number of hydrogen-bond acceptors (Lipinski definition) is 5. The van der Waals surface area contributed by atoms with Crippen LogP contribution in [0.15, 0.2) is 82.8 Å². The van der Waals surface area contributed by atoms with E-state index in [0.717, 1.165) is 4.31 Å². The molecule has 3 aromatic carbocycles. The lowest BCUT2D eigenvalue weighted by Gasteiger charge is -2.22. The molecule has 176 valence electrons. The third kappa shape index (κ3) is 6.42. The molecule has 0 atom stereocenters. The van der Waals surface area contributed by atoms with Crippen molar-refractivity contribution in [2.75, 3.05) is 6.54 Å². The summed E-state index contributed by atoms with van der Waals surface area (Å²) < 4.78 is 27.7. The van der Waals surface area contributed by atoms with E-state index in [1.54, 1.807) is 42.5 Å². The molecule has 34 heavy (non-hydrogen) atoms. The number of sulfonamides is 1. The first kappa shape index (κ1) is 25.4. The second-order valence-electron chi connectivity index (χ2n) is 7.02. The molecule has 3 aromatic rings. The minimum Gasteiger partial charge on any atom is -0.478 e. The van der Waals surface area contributed by atoms with Gasteiger partial charge in [0, 0.05) is 17.1 Å². The van der Waals surface area contributed by atoms with Crippen LogP contribution < -0.4 is 5.43 Å². The zero-order valence-electron chi connectivity index (χ0n) is 17.6. The number of carbonyl (C=O) groups excluding carboxylic acids is 1. The zero-order chi connectivity index (χ0) is 24.7. The molecular weight excluding hydrogens is 501 g/mol. The molecule has 0 fully saturated rings. The molecule has 0 saturated heterocycles. The van der Waals surface area contributed by atoms with Crippen molar-refractivity contribution in [3.8, 4) is 0 Å². The van der Waals surface area contributed by atoms with Crippen molar-refractivity contribution >= 4 is 51.3 Å². The first-order chi connectivity index (χ1) is 16.2. The van der Waals surface area contributed by atoms with Gasteiger partial charge in [0.05, 0.1) is 23.3 Å². The molecule has 11 heteroatoms. The number of aromatic carboxylic acids is 1. The Morgan fingerprint density at radius 2 is 1.68 bits per heavy atom. The van der Waals surface area contributed by atoms with Crippen molar-refractivity contribution in [1.82, 2.24) is 9.73 Å². The van der Waals surface area contributed by atoms with Gasteiger partial charge in [-0.05, 0) is 29.8 Å². The van der Waals surface area contributed by atoms with Crippen LogP contribution in [0.5, 0.6) is 0 Å². The van der Waals surface area contributed by atoms with Gasteiger partial charge in [-0.1, -0.05) is 71.7 Å². The predicted octanol–water partition coefficient (Wildman–Crippen LogP) is 4.03. The maximum absolute atomic E-state index is 13.4. The average molecular weight is 520 g/mol. The van der Waals surface area contributed by atoms with E-state index in [0.29, 0.717) is 5.56 Å². The summed E-state index contributed by atoms with van der Waals surface area (Å²) in [7, 11) is -4.22. The van der Waals surface area contributed by atoms with Gasteiger partial charge < -0.3 is 5.11 Å². The number of rotatable bonds is 9. The minimum atomic E-state index is -4.22. The molecule has 1 amide bonds. The summed E-state index contributed by atoms with van der Waals surface area (Å²) in [5.41, 5.74) is 3.16. The van der Waals surface area contributed by atoms with Crippen LogP contribution in [-0.4, -0.2) is 42.5 Å². The SMILES string of the molecule is O=C(CN(Cc1ccccc1)S(=O)(=O)c1cc(Cl)ccc1Cl)NN=Cc1ccccc1C(=O)O. The van der Waals surface area contributed by atoms with Crippen LogP contribution in [0.4, 0.5) is 0 Å². The lowest BCUT2D eigenvalue weighted by Crippen LogP contribution is -2.39. The van der Waals surface area contributed by atoms with Crippen molar-refractivity contribution in [1.29, 1.82) is 0 Å². The fourth-order valence-corrected chi connectivity index (χ4v) is 5.12. The fourth-order valence-electron chi connectivity index (χ4n) is 3.00. The summed E-state index contributed by atoms with van der Waals surface area (Å²) in [6.07, 6.45) is 1.17. The molecule has 0 saturated carbocycles. The second-order valence-corrected chi connectivity index (χ2v) is 9.77. The summed E-state index contributed by atoms with van der Waals surface area (Å²) in [6, 6.07) is 18.9. The largest absolute Gasteiger partial charge is 0.478 e. The van der Waals surface area contributed by atoms with Gasteiger partial charge in [-0.3, -0.25) is 4.79 Å². The summed E-state index contributed by atoms with van der Waals surface area (Å²) in [5, 5.41) is 13.1. The number of benzene rings is 3. The molecule has 8 nitrogen and oxygen atoms in total. The summed E-state index contributed by atoms with van der Waals surface area (Å²) >= 11 is 12.1. The Morgan fingerprint density at radius 1 is 1.00 bits per heavy atom. The Morgan fingerprint density at radius 3 is 2.38 bits per heavy atom. The quantitative estimate of drug-likeness (QED) is 0.327. The molecule has 0 aliphatic heterocycles. The minimum absolute atomic E-state index is 0.00405. The first-order valence-corrected chi connectivity index (χ1v) is 12.0. The molecule has 0 spiro atoms. The van der Waals surface area contributed by atoms with Gasteiger partial charge in [0.1, 0.15) is 4.90 Å². The van der Waals surface area contributed by atoms with Crippen LogP contribution in [0, 0.1) is 0 Å². The Balaban J connectivity index is 1.84. The van der Waals surface area contributed by atoms with E-state index in [2.05, 4.69) is 10.5 Å². The Hall–Kier alpha value is -3.24. The molecule has 0 bridgehead atoms. The van der Waals surface area contributed by atoms with Gasteiger partial charge in [0.2, 0.25) is 10.0 Å². The van der Waals surface area contributed by atoms with E-state index in [4.69, 9.17) is 23.2 Å². The van der Waals surface area contributed by atoms with Crippen LogP contribution in [0.2, 0.25) is 10.0 Å². The van der Waals surface area contributed by atoms with E-state index in [1.807, 2.05) is 0 Å². The Labute approximate surface area is 206 Å². The molecule has 3 rings (SSSR count). The number of amides is 1. The van der Waals surface area contributed by atoms with Crippen LogP contribution in [0.1, 0.15) is 21.5 Å². The number of carbonyl (C=O) groups is 2. The smallest absolute Gasteiger partial charge is 0.336 e. The molecule has 0 radical (unpaired) electrons. The molecule has 0 heterocycles. The molecule has 0 aliphatic rings. The van der Waals surface area contributed by atoms with Crippen LogP contribution in [-0.2, 0) is 21.4 Å². The van der Waals surface area contributed by atoms with Gasteiger partial charge in [-0.15, -0.1) is 0 Å². The lowest BCUT2D eigenvalue weighted by atomic mass is 10.1. The third-order valence-corrected chi connectivity index (χ3v) is 7.13.